The van der Waals surface area contributed by atoms with E-state index in [9.17, 15) is 4.79 Å². The highest BCUT2D eigenvalue weighted by Gasteiger charge is 2.19. The molecule has 130 valence electrons. The summed E-state index contributed by atoms with van der Waals surface area (Å²) in [6.45, 7) is 10.9. The molecule has 0 spiro atoms. The molecule has 0 fully saturated rings. The van der Waals surface area contributed by atoms with Gasteiger partial charge in [-0.05, 0) is 34.1 Å². The topological polar surface area (TPSA) is 75.2 Å². The van der Waals surface area contributed by atoms with Crippen molar-refractivity contribution in [2.45, 2.75) is 39.7 Å². The first-order chi connectivity index (χ1) is 10.3. The standard InChI is InChI=1S/C15H32N4O3/c1-7-21-12-8-9-17-13(16-5)18-10-11-19(6)14(20)22-15(2,3)4/h7-12H2,1-6H3,(H2,16,17,18). The number of amides is 1. The summed E-state index contributed by atoms with van der Waals surface area (Å²) < 4.78 is 10.6. The number of ether oxygens (including phenoxy) is 2. The summed E-state index contributed by atoms with van der Waals surface area (Å²) in [5.41, 5.74) is -0.475. The van der Waals surface area contributed by atoms with Crippen LogP contribution >= 0.6 is 0 Å². The van der Waals surface area contributed by atoms with Crippen molar-refractivity contribution in [3.63, 3.8) is 0 Å². The van der Waals surface area contributed by atoms with E-state index in [4.69, 9.17) is 9.47 Å². The molecule has 0 aromatic carbocycles. The Morgan fingerprint density at radius 3 is 2.41 bits per heavy atom. The first-order valence-corrected chi connectivity index (χ1v) is 7.76. The Morgan fingerprint density at radius 2 is 1.86 bits per heavy atom. The van der Waals surface area contributed by atoms with Crippen LogP contribution in [0.1, 0.15) is 34.1 Å². The van der Waals surface area contributed by atoms with Crippen LogP contribution in [0.2, 0.25) is 0 Å². The first-order valence-electron chi connectivity index (χ1n) is 7.76. The van der Waals surface area contributed by atoms with Gasteiger partial charge in [0.1, 0.15) is 5.60 Å². The lowest BCUT2D eigenvalue weighted by Gasteiger charge is -2.24. The van der Waals surface area contributed by atoms with Gasteiger partial charge < -0.3 is 25.0 Å². The monoisotopic (exact) mass is 316 g/mol. The van der Waals surface area contributed by atoms with Crippen molar-refractivity contribution in [3.05, 3.63) is 0 Å². The summed E-state index contributed by atoms with van der Waals surface area (Å²) >= 11 is 0. The number of carbonyl (C=O) groups excluding carboxylic acids is 1. The quantitative estimate of drug-likeness (QED) is 0.403. The van der Waals surface area contributed by atoms with E-state index in [0.29, 0.717) is 19.0 Å². The molecule has 2 N–H and O–H groups in total. The van der Waals surface area contributed by atoms with E-state index in [2.05, 4.69) is 15.6 Å². The smallest absolute Gasteiger partial charge is 0.410 e. The molecule has 0 saturated carbocycles. The van der Waals surface area contributed by atoms with Crippen LogP contribution in [0.5, 0.6) is 0 Å². The average molecular weight is 316 g/mol. The number of nitrogens with one attached hydrogen (secondary N) is 2. The lowest BCUT2D eigenvalue weighted by atomic mass is 10.2. The molecule has 0 unspecified atom stereocenters. The molecule has 0 heterocycles. The van der Waals surface area contributed by atoms with Crippen LogP contribution in [0.3, 0.4) is 0 Å². The zero-order valence-electron chi connectivity index (χ0n) is 14.9. The van der Waals surface area contributed by atoms with Crippen molar-refractivity contribution in [1.29, 1.82) is 0 Å². The van der Waals surface area contributed by atoms with E-state index in [1.165, 1.54) is 0 Å². The second kappa shape index (κ2) is 11.1. The average Bonchev–Trinajstić information content (AvgIpc) is 2.43. The Bertz CT molecular complexity index is 340. The molecule has 0 aliphatic heterocycles. The molecule has 0 bridgehead atoms. The Kier molecular flexibility index (Phi) is 10.4. The van der Waals surface area contributed by atoms with Gasteiger partial charge in [0.15, 0.2) is 5.96 Å². The van der Waals surface area contributed by atoms with Gasteiger partial charge >= 0.3 is 6.09 Å². The van der Waals surface area contributed by atoms with E-state index in [0.717, 1.165) is 26.2 Å². The summed E-state index contributed by atoms with van der Waals surface area (Å²) in [7, 11) is 3.43. The van der Waals surface area contributed by atoms with E-state index >= 15 is 0 Å². The van der Waals surface area contributed by atoms with Crippen LogP contribution in [0, 0.1) is 0 Å². The van der Waals surface area contributed by atoms with Gasteiger partial charge in [0.25, 0.3) is 0 Å². The minimum absolute atomic E-state index is 0.325. The number of likely N-dealkylation sites (N-methyl/N-ethyl adjacent to an activating group) is 1. The van der Waals surface area contributed by atoms with Crippen LogP contribution in [-0.4, -0.2) is 69.5 Å². The largest absolute Gasteiger partial charge is 0.444 e. The molecular weight excluding hydrogens is 284 g/mol. The molecular formula is C15H32N4O3. The van der Waals surface area contributed by atoms with E-state index in [1.807, 2.05) is 27.7 Å². The number of nitrogens with zero attached hydrogens (tertiary/aromatic N) is 2. The van der Waals surface area contributed by atoms with Crippen LogP contribution < -0.4 is 10.6 Å². The molecule has 0 rings (SSSR count). The van der Waals surface area contributed by atoms with Crippen LogP contribution in [0.4, 0.5) is 4.79 Å². The SMILES string of the molecule is CCOCCCNC(=NC)NCCN(C)C(=O)OC(C)(C)C. The van der Waals surface area contributed by atoms with E-state index in [-0.39, 0.29) is 6.09 Å². The maximum absolute atomic E-state index is 11.8. The van der Waals surface area contributed by atoms with Crippen molar-refractivity contribution in [2.75, 3.05) is 46.9 Å². The number of hydrogen-bond donors (Lipinski definition) is 2. The normalized spacial score (nSPS) is 12.0. The number of hydrogen-bond acceptors (Lipinski definition) is 4. The molecule has 0 atom stereocenters. The third-order valence-corrected chi connectivity index (χ3v) is 2.63. The van der Waals surface area contributed by atoms with E-state index in [1.54, 1.807) is 19.0 Å². The minimum atomic E-state index is -0.475. The molecule has 0 aromatic heterocycles. The van der Waals surface area contributed by atoms with E-state index < -0.39 is 5.60 Å². The first kappa shape index (κ1) is 20.5. The Hall–Kier alpha value is -1.50. The van der Waals surface area contributed by atoms with Crippen molar-refractivity contribution in [2.24, 2.45) is 4.99 Å². The molecule has 7 heteroatoms. The van der Waals surface area contributed by atoms with Gasteiger partial charge in [-0.25, -0.2) is 4.79 Å². The molecule has 0 aliphatic carbocycles. The zero-order valence-corrected chi connectivity index (χ0v) is 14.9. The van der Waals surface area contributed by atoms with Gasteiger partial charge in [-0.2, -0.15) is 0 Å². The number of rotatable bonds is 8. The van der Waals surface area contributed by atoms with Gasteiger partial charge in [-0.3, -0.25) is 4.99 Å². The second-order valence-electron chi connectivity index (χ2n) is 5.88. The second-order valence-corrected chi connectivity index (χ2v) is 5.88. The fraction of sp³-hybridized carbons (Fsp3) is 0.867. The van der Waals surface area contributed by atoms with Crippen molar-refractivity contribution < 1.29 is 14.3 Å². The molecule has 0 aliphatic rings. The Balaban J connectivity index is 3.88. The highest BCUT2D eigenvalue weighted by molar-refractivity contribution is 5.79. The number of carbonyl (C=O) groups is 1. The highest BCUT2D eigenvalue weighted by atomic mass is 16.6. The molecule has 7 nitrogen and oxygen atoms in total. The fourth-order valence-electron chi connectivity index (χ4n) is 1.52. The maximum Gasteiger partial charge on any atom is 0.410 e. The molecule has 0 radical (unpaired) electrons. The van der Waals surface area contributed by atoms with Crippen molar-refractivity contribution in [1.82, 2.24) is 15.5 Å². The Morgan fingerprint density at radius 1 is 1.23 bits per heavy atom. The lowest BCUT2D eigenvalue weighted by Crippen LogP contribution is -2.43. The Labute approximate surface area is 134 Å². The lowest BCUT2D eigenvalue weighted by molar-refractivity contribution is 0.0302. The summed E-state index contributed by atoms with van der Waals surface area (Å²) in [6.07, 6.45) is 0.598. The summed E-state index contributed by atoms with van der Waals surface area (Å²) in [6, 6.07) is 0. The van der Waals surface area contributed by atoms with Gasteiger partial charge in [0, 0.05) is 46.9 Å². The summed E-state index contributed by atoms with van der Waals surface area (Å²) in [4.78, 5) is 17.5. The van der Waals surface area contributed by atoms with Crippen molar-refractivity contribution in [3.8, 4) is 0 Å². The van der Waals surface area contributed by atoms with Gasteiger partial charge in [0.2, 0.25) is 0 Å². The number of guanidine groups is 1. The predicted octanol–water partition coefficient (Wildman–Crippen LogP) is 1.44. The molecule has 1 amide bonds. The van der Waals surface area contributed by atoms with Gasteiger partial charge in [0.05, 0.1) is 0 Å². The summed E-state index contributed by atoms with van der Waals surface area (Å²) in [5, 5.41) is 6.35. The molecule has 22 heavy (non-hydrogen) atoms. The van der Waals surface area contributed by atoms with Crippen LogP contribution in [-0.2, 0) is 9.47 Å². The summed E-state index contributed by atoms with van der Waals surface area (Å²) in [5.74, 6) is 0.717. The third kappa shape index (κ3) is 11.2. The van der Waals surface area contributed by atoms with Gasteiger partial charge in [-0.1, -0.05) is 0 Å². The molecule has 0 aromatic rings. The van der Waals surface area contributed by atoms with Crippen LogP contribution in [0.25, 0.3) is 0 Å². The minimum Gasteiger partial charge on any atom is -0.444 e. The maximum atomic E-state index is 11.8. The predicted molar refractivity (Wildman–Crippen MR) is 89.3 cm³/mol. The van der Waals surface area contributed by atoms with Crippen LogP contribution in [0.15, 0.2) is 4.99 Å². The fourth-order valence-corrected chi connectivity index (χ4v) is 1.52. The number of aliphatic imine (C=N–C) groups is 1. The van der Waals surface area contributed by atoms with Crippen molar-refractivity contribution >= 4 is 12.1 Å². The third-order valence-electron chi connectivity index (χ3n) is 2.63. The highest BCUT2D eigenvalue weighted by Crippen LogP contribution is 2.08. The van der Waals surface area contributed by atoms with Gasteiger partial charge in [-0.15, -0.1) is 0 Å². The zero-order chi connectivity index (χ0) is 17.0. The molecule has 0 saturated heterocycles.